The van der Waals surface area contributed by atoms with Crippen LogP contribution in [0.2, 0.25) is 0 Å². The van der Waals surface area contributed by atoms with E-state index >= 15 is 0 Å². The number of hydrogen-bond acceptors (Lipinski definition) is 5. The number of fused-ring (bicyclic) bond motifs is 1. The summed E-state index contributed by atoms with van der Waals surface area (Å²) < 4.78 is 1.70. The molecule has 1 aromatic carbocycles. The number of hydrogen-bond donors (Lipinski definition) is 2. The van der Waals surface area contributed by atoms with E-state index in [-0.39, 0.29) is 5.91 Å². The van der Waals surface area contributed by atoms with Crippen LogP contribution in [0.4, 0.5) is 5.82 Å². The van der Waals surface area contributed by atoms with Gasteiger partial charge in [0.25, 0.3) is 0 Å². The minimum Gasteiger partial charge on any atom is -0.342 e. The Morgan fingerprint density at radius 2 is 2.12 bits per heavy atom. The molecule has 124 valence electrons. The number of carbonyl (C=O) groups is 1. The SMILES string of the molecule is CC(=O)Nc1cc(-c2cn(-c3ccc4nc(C)[nH]c4c3)nn2)ccn1. The molecule has 0 radical (unpaired) electrons. The van der Waals surface area contributed by atoms with Crippen molar-refractivity contribution in [3.63, 3.8) is 0 Å². The van der Waals surface area contributed by atoms with Crippen molar-refractivity contribution in [3.05, 3.63) is 48.5 Å². The molecule has 1 amide bonds. The highest BCUT2D eigenvalue weighted by Crippen LogP contribution is 2.21. The minimum atomic E-state index is -0.170. The third-order valence-corrected chi connectivity index (χ3v) is 3.70. The predicted molar refractivity (Wildman–Crippen MR) is 93.3 cm³/mol. The predicted octanol–water partition coefficient (Wildman–Crippen LogP) is 2.47. The Morgan fingerprint density at radius 3 is 2.96 bits per heavy atom. The summed E-state index contributed by atoms with van der Waals surface area (Å²) in [6.07, 6.45) is 3.45. The zero-order chi connectivity index (χ0) is 17.4. The van der Waals surface area contributed by atoms with E-state index in [4.69, 9.17) is 0 Å². The summed E-state index contributed by atoms with van der Waals surface area (Å²) in [5.74, 6) is 1.18. The number of nitrogens with zero attached hydrogens (tertiary/aromatic N) is 5. The fourth-order valence-electron chi connectivity index (χ4n) is 2.63. The van der Waals surface area contributed by atoms with Gasteiger partial charge in [-0.15, -0.1) is 5.10 Å². The molecular weight excluding hydrogens is 318 g/mol. The number of aromatic nitrogens is 6. The Hall–Kier alpha value is -3.55. The van der Waals surface area contributed by atoms with Gasteiger partial charge in [0.1, 0.15) is 17.3 Å². The van der Waals surface area contributed by atoms with E-state index in [1.54, 1.807) is 16.9 Å². The summed E-state index contributed by atoms with van der Waals surface area (Å²) in [6.45, 7) is 3.36. The highest BCUT2D eigenvalue weighted by molar-refractivity contribution is 5.88. The number of pyridine rings is 1. The standard InChI is InChI=1S/C17H15N7O/c1-10-19-14-4-3-13(8-15(14)20-10)24-9-16(22-23-24)12-5-6-18-17(7-12)21-11(2)25/h3-9H,1-2H3,(H,19,20)(H,18,21,25). The zero-order valence-electron chi connectivity index (χ0n) is 13.7. The van der Waals surface area contributed by atoms with Crippen molar-refractivity contribution in [2.24, 2.45) is 0 Å². The van der Waals surface area contributed by atoms with Gasteiger partial charge in [-0.3, -0.25) is 4.79 Å². The highest BCUT2D eigenvalue weighted by Gasteiger charge is 2.09. The van der Waals surface area contributed by atoms with Crippen LogP contribution >= 0.6 is 0 Å². The molecule has 0 fully saturated rings. The maximum absolute atomic E-state index is 11.2. The monoisotopic (exact) mass is 333 g/mol. The second-order valence-electron chi connectivity index (χ2n) is 5.68. The second-order valence-corrected chi connectivity index (χ2v) is 5.68. The van der Waals surface area contributed by atoms with Crippen LogP contribution in [-0.4, -0.2) is 35.9 Å². The molecule has 8 nitrogen and oxygen atoms in total. The quantitative estimate of drug-likeness (QED) is 0.600. The van der Waals surface area contributed by atoms with Crippen molar-refractivity contribution in [3.8, 4) is 16.9 Å². The third-order valence-electron chi connectivity index (χ3n) is 3.70. The Balaban J connectivity index is 1.68. The molecule has 4 rings (SSSR count). The van der Waals surface area contributed by atoms with E-state index in [1.807, 2.05) is 37.4 Å². The zero-order valence-corrected chi connectivity index (χ0v) is 13.7. The van der Waals surface area contributed by atoms with E-state index in [1.165, 1.54) is 6.92 Å². The molecule has 0 unspecified atom stereocenters. The molecule has 0 saturated heterocycles. The minimum absolute atomic E-state index is 0.170. The molecule has 8 heteroatoms. The maximum atomic E-state index is 11.2. The summed E-state index contributed by atoms with van der Waals surface area (Å²) in [5, 5.41) is 11.1. The average Bonchev–Trinajstić information content (AvgIpc) is 3.19. The lowest BCUT2D eigenvalue weighted by molar-refractivity contribution is -0.114. The number of benzene rings is 1. The Bertz CT molecular complexity index is 1080. The second kappa shape index (κ2) is 5.82. The average molecular weight is 333 g/mol. The van der Waals surface area contributed by atoms with Crippen molar-refractivity contribution in [1.82, 2.24) is 29.9 Å². The molecule has 0 aliphatic carbocycles. The lowest BCUT2D eigenvalue weighted by Crippen LogP contribution is -2.07. The largest absolute Gasteiger partial charge is 0.342 e. The topological polar surface area (TPSA) is 101 Å². The summed E-state index contributed by atoms with van der Waals surface area (Å²) in [5.41, 5.74) is 4.25. The van der Waals surface area contributed by atoms with Crippen LogP contribution in [-0.2, 0) is 4.79 Å². The maximum Gasteiger partial charge on any atom is 0.222 e. The van der Waals surface area contributed by atoms with Crippen LogP contribution in [0.1, 0.15) is 12.7 Å². The van der Waals surface area contributed by atoms with Gasteiger partial charge in [-0.2, -0.15) is 0 Å². The first-order chi connectivity index (χ1) is 12.1. The number of imidazole rings is 1. The number of aryl methyl sites for hydroxylation is 1. The van der Waals surface area contributed by atoms with Crippen molar-refractivity contribution >= 4 is 22.8 Å². The number of carbonyl (C=O) groups excluding carboxylic acids is 1. The van der Waals surface area contributed by atoms with Gasteiger partial charge in [0.15, 0.2) is 0 Å². The van der Waals surface area contributed by atoms with Gasteiger partial charge in [-0.05, 0) is 37.3 Å². The summed E-state index contributed by atoms with van der Waals surface area (Å²) in [7, 11) is 0. The van der Waals surface area contributed by atoms with Gasteiger partial charge in [-0.25, -0.2) is 14.6 Å². The van der Waals surface area contributed by atoms with Crippen LogP contribution in [0.15, 0.2) is 42.7 Å². The smallest absolute Gasteiger partial charge is 0.222 e. The summed E-state index contributed by atoms with van der Waals surface area (Å²) in [4.78, 5) is 22.9. The van der Waals surface area contributed by atoms with Gasteiger partial charge >= 0.3 is 0 Å². The van der Waals surface area contributed by atoms with Gasteiger partial charge in [0.2, 0.25) is 5.91 Å². The Kier molecular flexibility index (Phi) is 3.50. The number of H-pyrrole nitrogens is 1. The molecule has 4 aromatic rings. The van der Waals surface area contributed by atoms with E-state index < -0.39 is 0 Å². The Labute approximate surface area is 142 Å². The normalized spacial score (nSPS) is 11.0. The van der Waals surface area contributed by atoms with E-state index in [2.05, 4.69) is 30.6 Å². The molecule has 0 atom stereocenters. The van der Waals surface area contributed by atoms with Gasteiger partial charge in [-0.1, -0.05) is 5.21 Å². The fourth-order valence-corrected chi connectivity index (χ4v) is 2.63. The summed E-state index contributed by atoms with van der Waals surface area (Å²) in [6, 6.07) is 9.44. The van der Waals surface area contributed by atoms with Crippen LogP contribution in [0, 0.1) is 6.92 Å². The molecule has 2 N–H and O–H groups in total. The molecule has 3 heterocycles. The molecule has 0 aliphatic rings. The van der Waals surface area contributed by atoms with E-state index in [0.717, 1.165) is 28.1 Å². The molecule has 0 saturated carbocycles. The highest BCUT2D eigenvalue weighted by atomic mass is 16.1. The number of rotatable bonds is 3. The van der Waals surface area contributed by atoms with Crippen molar-refractivity contribution < 1.29 is 4.79 Å². The molecule has 25 heavy (non-hydrogen) atoms. The molecular formula is C17H15N7O. The molecule has 0 bridgehead atoms. The Morgan fingerprint density at radius 1 is 1.24 bits per heavy atom. The number of nitrogens with one attached hydrogen (secondary N) is 2. The molecule has 0 aliphatic heterocycles. The fraction of sp³-hybridized carbons (Fsp3) is 0.118. The number of aromatic amines is 1. The molecule has 0 spiro atoms. The number of amides is 1. The molecule has 3 aromatic heterocycles. The van der Waals surface area contributed by atoms with E-state index in [0.29, 0.717) is 11.5 Å². The third kappa shape index (κ3) is 2.97. The first-order valence-corrected chi connectivity index (χ1v) is 7.71. The first-order valence-electron chi connectivity index (χ1n) is 7.71. The van der Waals surface area contributed by atoms with Crippen LogP contribution in [0.25, 0.3) is 28.0 Å². The van der Waals surface area contributed by atoms with Gasteiger partial charge in [0, 0.05) is 18.7 Å². The summed E-state index contributed by atoms with van der Waals surface area (Å²) >= 11 is 0. The van der Waals surface area contributed by atoms with Gasteiger partial charge in [0.05, 0.1) is 22.9 Å². The van der Waals surface area contributed by atoms with Gasteiger partial charge < -0.3 is 10.3 Å². The van der Waals surface area contributed by atoms with Crippen LogP contribution < -0.4 is 5.32 Å². The van der Waals surface area contributed by atoms with Crippen LogP contribution in [0.5, 0.6) is 0 Å². The first kappa shape index (κ1) is 15.0. The van der Waals surface area contributed by atoms with Crippen molar-refractivity contribution in [2.45, 2.75) is 13.8 Å². The van der Waals surface area contributed by atoms with Crippen molar-refractivity contribution in [2.75, 3.05) is 5.32 Å². The van der Waals surface area contributed by atoms with Crippen molar-refractivity contribution in [1.29, 1.82) is 0 Å². The lowest BCUT2D eigenvalue weighted by Gasteiger charge is -2.02. The number of anilines is 1. The van der Waals surface area contributed by atoms with Crippen LogP contribution in [0.3, 0.4) is 0 Å². The van der Waals surface area contributed by atoms with E-state index in [9.17, 15) is 4.79 Å². The lowest BCUT2D eigenvalue weighted by atomic mass is 10.2.